The molecule has 0 bridgehead atoms. The van der Waals surface area contributed by atoms with Gasteiger partial charge in [0, 0.05) is 6.42 Å². The third-order valence-electron chi connectivity index (χ3n) is 5.39. The first-order chi connectivity index (χ1) is 16.3. The van der Waals surface area contributed by atoms with Crippen molar-refractivity contribution in [3.63, 3.8) is 0 Å². The van der Waals surface area contributed by atoms with Crippen molar-refractivity contribution in [2.75, 3.05) is 14.2 Å². The van der Waals surface area contributed by atoms with Crippen molar-refractivity contribution in [3.8, 4) is 28.8 Å². The molecule has 0 amide bonds. The lowest BCUT2D eigenvalue weighted by Crippen LogP contribution is -2.24. The number of aromatic nitrogens is 5. The van der Waals surface area contributed by atoms with Gasteiger partial charge in [-0.25, -0.2) is 8.42 Å². The lowest BCUT2D eigenvalue weighted by molar-refractivity contribution is 0.390. The first-order valence-corrected chi connectivity index (χ1v) is 12.3. The highest BCUT2D eigenvalue weighted by molar-refractivity contribution is 7.91. The molecule has 3 heterocycles. The molecule has 0 saturated carbocycles. The van der Waals surface area contributed by atoms with Crippen LogP contribution in [-0.4, -0.2) is 52.8 Å². The van der Waals surface area contributed by atoms with Crippen molar-refractivity contribution in [1.29, 1.82) is 0 Å². The zero-order chi connectivity index (χ0) is 24.3. The zero-order valence-corrected chi connectivity index (χ0v) is 20.1. The molecule has 1 aromatic carbocycles. The van der Waals surface area contributed by atoms with Gasteiger partial charge in [0.2, 0.25) is 5.82 Å². The molecule has 1 atom stereocenters. The number of nitrogens with zero attached hydrogens (tertiary/aromatic N) is 5. The van der Waals surface area contributed by atoms with Crippen molar-refractivity contribution < 1.29 is 22.3 Å². The molecule has 0 aliphatic carbocycles. The maximum Gasteiger partial charge on any atom is 0.204 e. The molecule has 0 spiro atoms. The van der Waals surface area contributed by atoms with Gasteiger partial charge in [-0.1, -0.05) is 6.07 Å². The zero-order valence-electron chi connectivity index (χ0n) is 19.3. The predicted molar refractivity (Wildman–Crippen MR) is 125 cm³/mol. The molecule has 178 valence electrons. The van der Waals surface area contributed by atoms with Gasteiger partial charge in [-0.15, -0.1) is 10.2 Å². The molecule has 0 unspecified atom stereocenters. The lowest BCUT2D eigenvalue weighted by Gasteiger charge is -2.18. The summed E-state index contributed by atoms with van der Waals surface area (Å²) in [6, 6.07) is 12.3. The van der Waals surface area contributed by atoms with Crippen LogP contribution >= 0.6 is 0 Å². The van der Waals surface area contributed by atoms with Crippen LogP contribution in [0.15, 0.2) is 53.1 Å². The molecule has 0 aliphatic heterocycles. The number of sulfone groups is 1. The summed E-state index contributed by atoms with van der Waals surface area (Å²) < 4.78 is 44.9. The van der Waals surface area contributed by atoms with E-state index in [2.05, 4.69) is 20.4 Å². The Hall–Kier alpha value is -3.73. The Bertz CT molecular complexity index is 1340. The summed E-state index contributed by atoms with van der Waals surface area (Å²) >= 11 is 0. The van der Waals surface area contributed by atoms with E-state index < -0.39 is 15.1 Å². The smallest absolute Gasteiger partial charge is 0.204 e. The predicted octanol–water partition coefficient (Wildman–Crippen LogP) is 3.19. The van der Waals surface area contributed by atoms with Gasteiger partial charge in [0.05, 0.1) is 37.1 Å². The van der Waals surface area contributed by atoms with Gasteiger partial charge in [-0.3, -0.25) is 4.57 Å². The van der Waals surface area contributed by atoms with Crippen LogP contribution in [-0.2, 0) is 22.0 Å². The average Bonchev–Trinajstić information content (AvgIpc) is 3.49. The molecular formula is C23H25N5O5S. The SMILES string of the molecule is COc1cccc(OC)c1-n1c(CS(=O)(=O)[C@@H](C)Cc2ccc(C)nn2)nnc1-c1ccco1. The number of ether oxygens (including phenoxy) is 2. The van der Waals surface area contributed by atoms with E-state index in [1.54, 1.807) is 47.9 Å². The van der Waals surface area contributed by atoms with E-state index >= 15 is 0 Å². The fourth-order valence-corrected chi connectivity index (χ4v) is 4.80. The number of aryl methyl sites for hydroxylation is 1. The van der Waals surface area contributed by atoms with Crippen LogP contribution in [0, 0.1) is 6.92 Å². The van der Waals surface area contributed by atoms with Gasteiger partial charge >= 0.3 is 0 Å². The molecule has 34 heavy (non-hydrogen) atoms. The van der Waals surface area contributed by atoms with E-state index in [1.165, 1.54) is 20.5 Å². The Kier molecular flexibility index (Phi) is 6.64. The summed E-state index contributed by atoms with van der Waals surface area (Å²) in [6.45, 7) is 3.47. The molecule has 0 radical (unpaired) electrons. The summed E-state index contributed by atoms with van der Waals surface area (Å²) in [5.41, 5.74) is 1.85. The van der Waals surface area contributed by atoms with Crippen molar-refractivity contribution in [2.24, 2.45) is 0 Å². The van der Waals surface area contributed by atoms with Crippen molar-refractivity contribution in [1.82, 2.24) is 25.0 Å². The molecule has 0 saturated heterocycles. The Balaban J connectivity index is 1.77. The summed E-state index contributed by atoms with van der Waals surface area (Å²) in [6.07, 6.45) is 1.74. The molecular weight excluding hydrogens is 458 g/mol. The van der Waals surface area contributed by atoms with Gasteiger partial charge in [-0.2, -0.15) is 10.2 Å². The maximum absolute atomic E-state index is 13.3. The van der Waals surface area contributed by atoms with E-state index in [0.717, 1.165) is 5.69 Å². The standard InChI is InChI=1S/C23H25N5O5S/c1-15-10-11-17(25-24-15)13-16(2)34(29,30)14-21-26-27-23(20-9-6-12-33-20)28(21)22-18(31-3)7-5-8-19(22)32-4/h5-12,16H,13-14H2,1-4H3/t16-/m0/s1. The number of hydrogen-bond donors (Lipinski definition) is 0. The minimum absolute atomic E-state index is 0.205. The first-order valence-electron chi connectivity index (χ1n) is 10.5. The first kappa shape index (κ1) is 23.4. The molecule has 4 rings (SSSR count). The van der Waals surface area contributed by atoms with Crippen LogP contribution in [0.4, 0.5) is 0 Å². The Morgan fingerprint density at radius 3 is 2.29 bits per heavy atom. The summed E-state index contributed by atoms with van der Waals surface area (Å²) in [5, 5.41) is 15.9. The van der Waals surface area contributed by atoms with Gasteiger partial charge < -0.3 is 13.9 Å². The van der Waals surface area contributed by atoms with Crippen LogP contribution in [0.2, 0.25) is 0 Å². The quantitative estimate of drug-likeness (QED) is 0.353. The maximum atomic E-state index is 13.3. The van der Waals surface area contributed by atoms with Crippen LogP contribution < -0.4 is 9.47 Å². The largest absolute Gasteiger partial charge is 0.494 e. The van der Waals surface area contributed by atoms with Crippen molar-refractivity contribution in [3.05, 3.63) is 65.9 Å². The molecule has 10 nitrogen and oxygen atoms in total. The van der Waals surface area contributed by atoms with Gasteiger partial charge in [-0.05, 0) is 50.2 Å². The van der Waals surface area contributed by atoms with E-state index in [4.69, 9.17) is 13.9 Å². The Labute approximate surface area is 197 Å². The molecule has 3 aromatic heterocycles. The van der Waals surface area contributed by atoms with Crippen LogP contribution in [0.1, 0.15) is 24.1 Å². The summed E-state index contributed by atoms with van der Waals surface area (Å²) in [4.78, 5) is 0. The highest BCUT2D eigenvalue weighted by atomic mass is 32.2. The fourth-order valence-electron chi connectivity index (χ4n) is 3.54. The number of para-hydroxylation sites is 1. The van der Waals surface area contributed by atoms with Gasteiger partial charge in [0.1, 0.15) is 22.9 Å². The van der Waals surface area contributed by atoms with E-state index in [0.29, 0.717) is 34.5 Å². The monoisotopic (exact) mass is 483 g/mol. The number of methoxy groups -OCH3 is 2. The topological polar surface area (TPSA) is 122 Å². The second-order valence-corrected chi connectivity index (χ2v) is 10.2. The van der Waals surface area contributed by atoms with Crippen LogP contribution in [0.25, 0.3) is 17.3 Å². The van der Waals surface area contributed by atoms with Crippen molar-refractivity contribution >= 4 is 9.84 Å². The molecule has 11 heteroatoms. The number of rotatable bonds is 9. The number of hydrogen-bond acceptors (Lipinski definition) is 9. The Morgan fingerprint density at radius 2 is 1.71 bits per heavy atom. The molecule has 4 aromatic rings. The third-order valence-corrected chi connectivity index (χ3v) is 7.44. The lowest BCUT2D eigenvalue weighted by atomic mass is 10.2. The minimum Gasteiger partial charge on any atom is -0.494 e. The van der Waals surface area contributed by atoms with E-state index in [1.807, 2.05) is 13.0 Å². The van der Waals surface area contributed by atoms with E-state index in [9.17, 15) is 8.42 Å². The average molecular weight is 484 g/mol. The second-order valence-electron chi connectivity index (χ2n) is 7.75. The third kappa shape index (κ3) is 4.65. The van der Waals surface area contributed by atoms with Crippen molar-refractivity contribution in [2.45, 2.75) is 31.3 Å². The summed E-state index contributed by atoms with van der Waals surface area (Å²) in [7, 11) is -0.602. The summed E-state index contributed by atoms with van der Waals surface area (Å²) in [5.74, 6) is 1.53. The molecule has 0 aliphatic rings. The number of furan rings is 1. The fraction of sp³-hybridized carbons (Fsp3) is 0.304. The van der Waals surface area contributed by atoms with Crippen LogP contribution in [0.5, 0.6) is 11.5 Å². The minimum atomic E-state index is -3.65. The normalized spacial score (nSPS) is 12.5. The highest BCUT2D eigenvalue weighted by Crippen LogP contribution is 2.36. The van der Waals surface area contributed by atoms with Gasteiger partial charge in [0.15, 0.2) is 21.4 Å². The molecule has 0 fully saturated rings. The Morgan fingerprint density at radius 1 is 0.971 bits per heavy atom. The van der Waals surface area contributed by atoms with Gasteiger partial charge in [0.25, 0.3) is 0 Å². The highest BCUT2D eigenvalue weighted by Gasteiger charge is 2.29. The second kappa shape index (κ2) is 9.64. The number of benzene rings is 1. The molecule has 0 N–H and O–H groups in total. The van der Waals surface area contributed by atoms with Crippen LogP contribution in [0.3, 0.4) is 0 Å². The van der Waals surface area contributed by atoms with E-state index in [-0.39, 0.29) is 18.0 Å².